The highest BCUT2D eigenvalue weighted by atomic mass is 16.5. The molecule has 0 spiro atoms. The fraction of sp³-hybridized carbons (Fsp3) is 0.267. The van der Waals surface area contributed by atoms with Gasteiger partial charge in [0.2, 0.25) is 5.91 Å². The van der Waals surface area contributed by atoms with Crippen LogP contribution in [0.2, 0.25) is 0 Å². The number of fused-ring (bicyclic) bond motifs is 1. The molecule has 0 aromatic heterocycles. The predicted octanol–water partition coefficient (Wildman–Crippen LogP) is -2.02. The number of para-hydroxylation sites is 1. The van der Waals surface area contributed by atoms with Crippen LogP contribution in [0.3, 0.4) is 0 Å². The number of aromatic carboxylic acids is 1. The molecule has 11 nitrogen and oxygen atoms in total. The molecule has 0 aliphatic carbocycles. The van der Waals surface area contributed by atoms with Crippen LogP contribution in [0.5, 0.6) is 5.75 Å². The van der Waals surface area contributed by atoms with Crippen molar-refractivity contribution in [1.82, 2.24) is 21.3 Å². The number of hydrazine groups is 2. The molecule has 2 aliphatic heterocycles. The lowest BCUT2D eigenvalue weighted by atomic mass is 9.72. The van der Waals surface area contributed by atoms with Crippen LogP contribution in [0.25, 0.3) is 0 Å². The van der Waals surface area contributed by atoms with Crippen molar-refractivity contribution >= 4 is 25.3 Å². The molecule has 0 unspecified atom stereocenters. The Balaban J connectivity index is 1.60. The van der Waals surface area contributed by atoms with Crippen LogP contribution in [0.1, 0.15) is 15.9 Å². The average Bonchev–Trinajstić information content (AvgIpc) is 3.07. The molecule has 0 bridgehead atoms. The van der Waals surface area contributed by atoms with Crippen LogP contribution in [-0.4, -0.2) is 59.5 Å². The van der Waals surface area contributed by atoms with E-state index in [-0.39, 0.29) is 30.2 Å². The summed E-state index contributed by atoms with van der Waals surface area (Å²) < 4.78 is 5.35. The first kappa shape index (κ1) is 18.5. The van der Waals surface area contributed by atoms with E-state index in [1.54, 1.807) is 18.3 Å². The van der Waals surface area contributed by atoms with Crippen LogP contribution in [0.15, 0.2) is 35.1 Å². The number of hydrogen-bond donors (Lipinski definition) is 6. The van der Waals surface area contributed by atoms with E-state index >= 15 is 0 Å². The van der Waals surface area contributed by atoms with Crippen molar-refractivity contribution in [2.75, 3.05) is 13.1 Å². The minimum atomic E-state index is -1.35. The molecule has 1 aromatic rings. The summed E-state index contributed by atoms with van der Waals surface area (Å²) in [5.41, 5.74) is 12.1. The molecule has 3 rings (SSSR count). The van der Waals surface area contributed by atoms with Crippen molar-refractivity contribution in [2.24, 2.45) is 10.7 Å². The number of carbonyl (C=O) groups is 2. The Kier molecular flexibility index (Phi) is 5.47. The maximum Gasteiger partial charge on any atom is 0.547 e. The standard InChI is InChI=1S/C15H19BN6O5/c17-8-18-5-10-6-22(21-20-10)7-13(23)19-12-4-9-2-1-3-11(15(24)25)14(9)27-16(12)26/h1-3,6,8,12,20-21,26H,4-5,7H2,(H2,17,18)(H,19,23)(H,24,25)/t12-/m0/s1. The Morgan fingerprint density at radius 2 is 2.33 bits per heavy atom. The molecule has 1 amide bonds. The Morgan fingerprint density at radius 3 is 3.07 bits per heavy atom. The lowest BCUT2D eigenvalue weighted by Crippen LogP contribution is -2.55. The summed E-state index contributed by atoms with van der Waals surface area (Å²) in [6.45, 7) is 0.327. The number of carboxylic acid groups (broad SMARTS) is 1. The number of carbonyl (C=O) groups excluding carboxylic acids is 1. The molecule has 12 heteroatoms. The van der Waals surface area contributed by atoms with E-state index in [9.17, 15) is 19.7 Å². The van der Waals surface area contributed by atoms with E-state index < -0.39 is 19.0 Å². The molecule has 1 atom stereocenters. The van der Waals surface area contributed by atoms with Gasteiger partial charge in [0, 0.05) is 6.20 Å². The summed E-state index contributed by atoms with van der Waals surface area (Å²) in [6.07, 6.45) is 3.12. The molecule has 0 saturated heterocycles. The molecule has 1 aromatic carbocycles. The molecule has 27 heavy (non-hydrogen) atoms. The Bertz CT molecular complexity index is 801. The second-order valence-electron chi connectivity index (χ2n) is 5.99. The van der Waals surface area contributed by atoms with E-state index in [2.05, 4.69) is 21.3 Å². The van der Waals surface area contributed by atoms with Gasteiger partial charge in [-0.1, -0.05) is 12.1 Å². The second kappa shape index (κ2) is 7.97. The third kappa shape index (κ3) is 4.30. The average molecular weight is 374 g/mol. The van der Waals surface area contributed by atoms with Gasteiger partial charge in [-0.25, -0.2) is 4.79 Å². The Labute approximate surface area is 155 Å². The predicted molar refractivity (Wildman–Crippen MR) is 96.2 cm³/mol. The zero-order chi connectivity index (χ0) is 19.4. The van der Waals surface area contributed by atoms with Gasteiger partial charge in [0.25, 0.3) is 0 Å². The van der Waals surface area contributed by atoms with Gasteiger partial charge in [0.05, 0.1) is 30.1 Å². The lowest BCUT2D eigenvalue weighted by molar-refractivity contribution is -0.122. The zero-order valence-electron chi connectivity index (χ0n) is 14.3. The van der Waals surface area contributed by atoms with E-state index in [0.29, 0.717) is 12.1 Å². The van der Waals surface area contributed by atoms with Gasteiger partial charge >= 0.3 is 13.1 Å². The number of nitrogens with zero attached hydrogens (tertiary/aromatic N) is 2. The number of carboxylic acids is 1. The summed E-state index contributed by atoms with van der Waals surface area (Å²) in [5, 5.41) is 23.6. The van der Waals surface area contributed by atoms with E-state index in [0.717, 1.165) is 5.70 Å². The summed E-state index contributed by atoms with van der Waals surface area (Å²) >= 11 is 0. The highest BCUT2D eigenvalue weighted by Crippen LogP contribution is 2.30. The highest BCUT2D eigenvalue weighted by Gasteiger charge is 2.37. The minimum Gasteiger partial charge on any atom is -0.534 e. The van der Waals surface area contributed by atoms with E-state index in [1.165, 1.54) is 17.4 Å². The molecule has 7 N–H and O–H groups in total. The molecule has 2 aliphatic rings. The maximum atomic E-state index is 12.3. The number of hydrogen-bond acceptors (Lipinski definition) is 8. The normalized spacial score (nSPS) is 18.6. The molecule has 0 fully saturated rings. The molecular weight excluding hydrogens is 355 g/mol. The van der Waals surface area contributed by atoms with Gasteiger partial charge in [0.15, 0.2) is 0 Å². The Morgan fingerprint density at radius 1 is 1.52 bits per heavy atom. The minimum absolute atomic E-state index is 0.0198. The van der Waals surface area contributed by atoms with Gasteiger partial charge in [-0.15, -0.1) is 5.53 Å². The molecule has 0 saturated carbocycles. The quantitative estimate of drug-likeness (QED) is 0.187. The first-order valence-corrected chi connectivity index (χ1v) is 8.16. The van der Waals surface area contributed by atoms with E-state index in [1.807, 2.05) is 0 Å². The first-order valence-electron chi connectivity index (χ1n) is 8.16. The van der Waals surface area contributed by atoms with Gasteiger partial charge in [-0.3, -0.25) is 14.8 Å². The van der Waals surface area contributed by atoms with Gasteiger partial charge in [0.1, 0.15) is 12.3 Å². The summed E-state index contributed by atoms with van der Waals surface area (Å²) in [5.74, 6) is -2.07. The fourth-order valence-electron chi connectivity index (χ4n) is 2.84. The van der Waals surface area contributed by atoms with Crippen LogP contribution in [-0.2, 0) is 11.2 Å². The van der Waals surface area contributed by atoms with Gasteiger partial charge in [-0.2, -0.15) is 0 Å². The number of benzene rings is 1. The monoisotopic (exact) mass is 374 g/mol. The fourth-order valence-corrected chi connectivity index (χ4v) is 2.84. The highest BCUT2D eigenvalue weighted by molar-refractivity contribution is 6.47. The number of nitrogens with two attached hydrogens (primary N) is 1. The van der Waals surface area contributed by atoms with Crippen molar-refractivity contribution in [2.45, 2.75) is 12.4 Å². The lowest BCUT2D eigenvalue weighted by Gasteiger charge is -2.29. The summed E-state index contributed by atoms with van der Waals surface area (Å²) in [4.78, 5) is 27.4. The van der Waals surface area contributed by atoms with Gasteiger partial charge in [-0.05, 0) is 18.1 Å². The largest absolute Gasteiger partial charge is 0.547 e. The SMILES string of the molecule is NC=NCC1=CN(CC(=O)N[C@H]2Cc3cccc(C(=O)O)c3OB2O)NN1. The third-order valence-electron chi connectivity index (χ3n) is 4.05. The van der Waals surface area contributed by atoms with Crippen molar-refractivity contribution < 1.29 is 24.4 Å². The van der Waals surface area contributed by atoms with Crippen molar-refractivity contribution in [3.8, 4) is 5.75 Å². The van der Waals surface area contributed by atoms with Crippen LogP contribution in [0, 0.1) is 0 Å². The number of rotatable bonds is 6. The molecule has 2 heterocycles. The zero-order valence-corrected chi connectivity index (χ0v) is 14.3. The van der Waals surface area contributed by atoms with E-state index in [4.69, 9.17) is 10.4 Å². The van der Waals surface area contributed by atoms with Gasteiger partial charge < -0.3 is 31.3 Å². The van der Waals surface area contributed by atoms with Crippen LogP contribution < -0.4 is 26.7 Å². The summed E-state index contributed by atoms with van der Waals surface area (Å²) in [6, 6.07) is 4.70. The Hall–Kier alpha value is -3.25. The topological polar surface area (TPSA) is 162 Å². The smallest absolute Gasteiger partial charge is 0.534 e. The third-order valence-corrected chi connectivity index (χ3v) is 4.05. The maximum absolute atomic E-state index is 12.3. The second-order valence-corrected chi connectivity index (χ2v) is 5.99. The molecule has 0 radical (unpaired) electrons. The molecule has 142 valence electrons. The summed E-state index contributed by atoms with van der Waals surface area (Å²) in [7, 11) is -1.35. The molecular formula is C15H19BN6O5. The van der Waals surface area contributed by atoms with Crippen molar-refractivity contribution in [3.63, 3.8) is 0 Å². The van der Waals surface area contributed by atoms with Crippen molar-refractivity contribution in [1.29, 1.82) is 0 Å². The van der Waals surface area contributed by atoms with Crippen molar-refractivity contribution in [3.05, 3.63) is 41.2 Å². The number of aliphatic imine (C=N–C) groups is 1. The van der Waals surface area contributed by atoms with Crippen LogP contribution >= 0.6 is 0 Å². The van der Waals surface area contributed by atoms with Crippen LogP contribution in [0.4, 0.5) is 0 Å². The number of amides is 1. The first-order chi connectivity index (χ1) is 13.0. The number of nitrogens with one attached hydrogen (secondary N) is 3.